The number of hydrogen-bond donors (Lipinski definition) is 2. The van der Waals surface area contributed by atoms with Gasteiger partial charge in [-0.25, -0.2) is 0 Å². The predicted molar refractivity (Wildman–Crippen MR) is 77.4 cm³/mol. The largest absolute Gasteiger partial charge is 0.492 e. The van der Waals surface area contributed by atoms with Crippen LogP contribution in [0.3, 0.4) is 0 Å². The van der Waals surface area contributed by atoms with Gasteiger partial charge in [-0.05, 0) is 39.0 Å². The number of rotatable bonds is 6. The van der Waals surface area contributed by atoms with E-state index < -0.39 is 5.91 Å². The number of hydrogen-bond acceptors (Lipinski definition) is 4. The summed E-state index contributed by atoms with van der Waals surface area (Å²) in [4.78, 5) is 24.8. The van der Waals surface area contributed by atoms with Crippen molar-refractivity contribution in [1.82, 2.24) is 4.90 Å². The number of nitrogens with zero attached hydrogens (tertiary/aromatic N) is 1. The Hall–Kier alpha value is -2.24. The van der Waals surface area contributed by atoms with Gasteiger partial charge in [-0.1, -0.05) is 0 Å². The van der Waals surface area contributed by atoms with Gasteiger partial charge in [-0.2, -0.15) is 0 Å². The monoisotopic (exact) mass is 279 g/mol. The van der Waals surface area contributed by atoms with Crippen LogP contribution in [0.2, 0.25) is 0 Å². The Bertz CT molecular complexity index is 500. The summed E-state index contributed by atoms with van der Waals surface area (Å²) in [6, 6.07) is 4.68. The van der Waals surface area contributed by atoms with Crippen molar-refractivity contribution in [3.63, 3.8) is 0 Å². The third kappa shape index (κ3) is 3.88. The van der Waals surface area contributed by atoms with Crippen molar-refractivity contribution in [3.05, 3.63) is 23.8 Å². The molecular weight excluding hydrogens is 258 g/mol. The second-order valence-electron chi connectivity index (χ2n) is 4.68. The zero-order valence-corrected chi connectivity index (χ0v) is 12.1. The smallest absolute Gasteiger partial charge is 0.254 e. The number of anilines is 1. The minimum atomic E-state index is -0.550. The lowest BCUT2D eigenvalue weighted by Gasteiger charge is -2.25. The van der Waals surface area contributed by atoms with Crippen LogP contribution in [0.15, 0.2) is 18.2 Å². The summed E-state index contributed by atoms with van der Waals surface area (Å²) in [7, 11) is 0. The average Bonchev–Trinajstić information content (AvgIpc) is 2.37. The third-order valence-corrected chi connectivity index (χ3v) is 2.77. The molecule has 4 N–H and O–H groups in total. The number of nitrogens with two attached hydrogens (primary N) is 2. The van der Waals surface area contributed by atoms with Crippen LogP contribution >= 0.6 is 0 Å². The summed E-state index contributed by atoms with van der Waals surface area (Å²) < 4.78 is 5.32. The zero-order chi connectivity index (χ0) is 15.3. The van der Waals surface area contributed by atoms with Gasteiger partial charge >= 0.3 is 0 Å². The number of nitrogen functional groups attached to an aromatic ring is 1. The molecule has 0 aromatic heterocycles. The van der Waals surface area contributed by atoms with E-state index in [2.05, 4.69) is 0 Å². The van der Waals surface area contributed by atoms with Gasteiger partial charge in [-0.15, -0.1) is 0 Å². The highest BCUT2D eigenvalue weighted by Crippen LogP contribution is 2.23. The fourth-order valence-corrected chi connectivity index (χ4v) is 1.79. The van der Waals surface area contributed by atoms with E-state index in [-0.39, 0.29) is 18.5 Å². The maximum atomic E-state index is 12.4. The van der Waals surface area contributed by atoms with Gasteiger partial charge in [-0.3, -0.25) is 9.59 Å². The number of carbonyl (C=O) groups excluding carboxylic acids is 2. The summed E-state index contributed by atoms with van der Waals surface area (Å²) in [6.07, 6.45) is 0. The second-order valence-corrected chi connectivity index (χ2v) is 4.68. The summed E-state index contributed by atoms with van der Waals surface area (Å²) in [5.74, 6) is -0.297. The molecule has 0 saturated heterocycles. The van der Waals surface area contributed by atoms with E-state index in [1.54, 1.807) is 18.2 Å². The van der Waals surface area contributed by atoms with Crippen LogP contribution in [0.5, 0.6) is 5.75 Å². The Kier molecular flexibility index (Phi) is 5.37. The van der Waals surface area contributed by atoms with Gasteiger partial charge in [0, 0.05) is 11.6 Å². The molecule has 0 unspecified atom stereocenters. The molecule has 1 aromatic carbocycles. The van der Waals surface area contributed by atoms with Gasteiger partial charge in [0.15, 0.2) is 0 Å². The van der Waals surface area contributed by atoms with Gasteiger partial charge in [0.2, 0.25) is 5.91 Å². The van der Waals surface area contributed by atoms with Crippen LogP contribution in [0, 0.1) is 0 Å². The molecule has 110 valence electrons. The molecule has 0 aliphatic rings. The first-order valence-corrected chi connectivity index (χ1v) is 6.48. The van der Waals surface area contributed by atoms with Crippen LogP contribution < -0.4 is 16.2 Å². The van der Waals surface area contributed by atoms with Crippen molar-refractivity contribution in [1.29, 1.82) is 0 Å². The highest BCUT2D eigenvalue weighted by molar-refractivity contribution is 5.97. The highest BCUT2D eigenvalue weighted by Gasteiger charge is 2.21. The van der Waals surface area contributed by atoms with Crippen LogP contribution in [-0.4, -0.2) is 35.9 Å². The Labute approximate surface area is 118 Å². The number of ether oxygens (including phenoxy) is 1. The Morgan fingerprint density at radius 1 is 1.35 bits per heavy atom. The van der Waals surface area contributed by atoms with Crippen LogP contribution in [0.1, 0.15) is 31.1 Å². The first-order valence-electron chi connectivity index (χ1n) is 6.48. The van der Waals surface area contributed by atoms with Gasteiger partial charge in [0.05, 0.1) is 18.8 Å². The minimum absolute atomic E-state index is 0.121. The quantitative estimate of drug-likeness (QED) is 0.759. The van der Waals surface area contributed by atoms with E-state index in [0.29, 0.717) is 23.6 Å². The lowest BCUT2D eigenvalue weighted by atomic mass is 10.1. The molecule has 0 radical (unpaired) electrons. The molecule has 1 aromatic rings. The van der Waals surface area contributed by atoms with Crippen molar-refractivity contribution in [2.75, 3.05) is 18.9 Å². The van der Waals surface area contributed by atoms with E-state index in [1.165, 1.54) is 4.90 Å². The molecule has 2 amide bonds. The van der Waals surface area contributed by atoms with Crippen molar-refractivity contribution >= 4 is 17.5 Å². The zero-order valence-electron chi connectivity index (χ0n) is 12.1. The molecule has 0 aliphatic carbocycles. The molecule has 0 saturated carbocycles. The lowest BCUT2D eigenvalue weighted by molar-refractivity contribution is -0.119. The van der Waals surface area contributed by atoms with Gasteiger partial charge in [0.1, 0.15) is 5.75 Å². The molecular formula is C14H21N3O3. The predicted octanol–water partition coefficient (Wildman–Crippen LogP) is 1.00. The molecule has 0 spiro atoms. The summed E-state index contributed by atoms with van der Waals surface area (Å²) in [5.41, 5.74) is 11.8. The highest BCUT2D eigenvalue weighted by atomic mass is 16.5. The topological polar surface area (TPSA) is 98.6 Å². The molecule has 0 aliphatic heterocycles. The average molecular weight is 279 g/mol. The van der Waals surface area contributed by atoms with E-state index in [1.807, 2.05) is 20.8 Å². The number of primary amides is 1. The second kappa shape index (κ2) is 6.79. The molecule has 0 heterocycles. The van der Waals surface area contributed by atoms with Crippen molar-refractivity contribution in [2.45, 2.75) is 26.8 Å². The minimum Gasteiger partial charge on any atom is -0.492 e. The van der Waals surface area contributed by atoms with Crippen molar-refractivity contribution in [3.8, 4) is 5.75 Å². The van der Waals surface area contributed by atoms with Crippen LogP contribution in [-0.2, 0) is 4.79 Å². The van der Waals surface area contributed by atoms with E-state index >= 15 is 0 Å². The molecule has 0 fully saturated rings. The van der Waals surface area contributed by atoms with E-state index in [0.717, 1.165) is 0 Å². The molecule has 0 atom stereocenters. The molecule has 6 nitrogen and oxygen atoms in total. The van der Waals surface area contributed by atoms with Crippen LogP contribution in [0.4, 0.5) is 5.69 Å². The van der Waals surface area contributed by atoms with E-state index in [9.17, 15) is 9.59 Å². The normalized spacial score (nSPS) is 10.4. The molecule has 6 heteroatoms. The summed E-state index contributed by atoms with van der Waals surface area (Å²) >= 11 is 0. The SMILES string of the molecule is CCOc1ccc(C(=O)N(CC(N)=O)C(C)C)cc1N. The summed E-state index contributed by atoms with van der Waals surface area (Å²) in [6.45, 7) is 5.87. The maximum absolute atomic E-state index is 12.4. The van der Waals surface area contributed by atoms with Gasteiger partial charge < -0.3 is 21.1 Å². The third-order valence-electron chi connectivity index (χ3n) is 2.77. The van der Waals surface area contributed by atoms with E-state index in [4.69, 9.17) is 16.2 Å². The number of benzene rings is 1. The van der Waals surface area contributed by atoms with Crippen molar-refractivity contribution < 1.29 is 14.3 Å². The molecule has 1 rings (SSSR count). The summed E-state index contributed by atoms with van der Waals surface area (Å²) in [5, 5.41) is 0. The first kappa shape index (κ1) is 15.8. The fourth-order valence-electron chi connectivity index (χ4n) is 1.79. The fraction of sp³-hybridized carbons (Fsp3) is 0.429. The standard InChI is InChI=1S/C14H21N3O3/c1-4-20-12-6-5-10(7-11(12)15)14(19)17(9(2)3)8-13(16)18/h5-7,9H,4,8,15H2,1-3H3,(H2,16,18). The number of amides is 2. The van der Waals surface area contributed by atoms with Gasteiger partial charge in [0.25, 0.3) is 5.91 Å². The molecule has 20 heavy (non-hydrogen) atoms. The first-order chi connectivity index (χ1) is 9.36. The van der Waals surface area contributed by atoms with Crippen molar-refractivity contribution in [2.24, 2.45) is 5.73 Å². The van der Waals surface area contributed by atoms with Crippen LogP contribution in [0.25, 0.3) is 0 Å². The maximum Gasteiger partial charge on any atom is 0.254 e. The Morgan fingerprint density at radius 3 is 2.45 bits per heavy atom. The Balaban J connectivity index is 3.00. The molecule has 0 bridgehead atoms. The lowest BCUT2D eigenvalue weighted by Crippen LogP contribution is -2.42. The Morgan fingerprint density at radius 2 is 2.00 bits per heavy atom. The number of carbonyl (C=O) groups is 2.